The number of H-pyrrole nitrogens is 2. The molecule has 1 aromatic carbocycles. The summed E-state index contributed by atoms with van der Waals surface area (Å²) in [4.78, 5) is 13.4. The number of nitrogens with zero attached hydrogens (tertiary/aromatic N) is 1. The van der Waals surface area contributed by atoms with Crippen LogP contribution in [0.5, 0.6) is 0 Å². The van der Waals surface area contributed by atoms with E-state index >= 15 is 0 Å². The lowest BCUT2D eigenvalue weighted by atomic mass is 10.3. The van der Waals surface area contributed by atoms with E-state index in [1.807, 2.05) is 0 Å². The van der Waals surface area contributed by atoms with E-state index in [-0.39, 0.29) is 16.3 Å². The van der Waals surface area contributed by atoms with Crippen LogP contribution in [0.2, 0.25) is 0 Å². The molecule has 2 heterocycles. The number of benzene rings is 1. The van der Waals surface area contributed by atoms with Gasteiger partial charge >= 0.3 is 5.76 Å². The smallest absolute Gasteiger partial charge is 0.408 e. The Morgan fingerprint density at radius 3 is 2.84 bits per heavy atom. The number of hydrogen-bond donors (Lipinski definition) is 3. The molecule has 8 nitrogen and oxygen atoms in total. The third kappa shape index (κ3) is 2.10. The maximum Gasteiger partial charge on any atom is 0.417 e. The zero-order valence-electron chi connectivity index (χ0n) is 9.38. The minimum absolute atomic E-state index is 0.0163. The van der Waals surface area contributed by atoms with Crippen LogP contribution in [0.1, 0.15) is 0 Å². The molecule has 0 fully saturated rings. The molecule has 0 spiro atoms. The molecule has 0 bridgehead atoms. The standard InChI is InChI=1S/C10H8N4O4S/c15-10-12-7-2-1-6(5-8(7)18-10)19(16,17)14-9-3-4-11-13-9/h1-5H,(H,12,15)(H2,11,13,14). The first-order valence-electron chi connectivity index (χ1n) is 5.20. The van der Waals surface area contributed by atoms with Gasteiger partial charge in [-0.3, -0.25) is 14.8 Å². The van der Waals surface area contributed by atoms with E-state index in [1.54, 1.807) is 0 Å². The van der Waals surface area contributed by atoms with Crippen LogP contribution in [-0.4, -0.2) is 23.6 Å². The van der Waals surface area contributed by atoms with Crippen LogP contribution in [0.3, 0.4) is 0 Å². The highest BCUT2D eigenvalue weighted by atomic mass is 32.2. The van der Waals surface area contributed by atoms with Crippen LogP contribution in [0.4, 0.5) is 5.82 Å². The maximum atomic E-state index is 12.1. The second-order valence-electron chi connectivity index (χ2n) is 3.75. The maximum absolute atomic E-state index is 12.1. The fourth-order valence-electron chi connectivity index (χ4n) is 1.61. The summed E-state index contributed by atoms with van der Waals surface area (Å²) in [5.41, 5.74) is 0.614. The van der Waals surface area contributed by atoms with E-state index in [2.05, 4.69) is 19.9 Å². The zero-order valence-corrected chi connectivity index (χ0v) is 10.2. The average molecular weight is 280 g/mol. The summed E-state index contributed by atoms with van der Waals surface area (Å²) >= 11 is 0. The number of aromatic nitrogens is 3. The van der Waals surface area contributed by atoms with Crippen molar-refractivity contribution in [3.05, 3.63) is 41.0 Å². The lowest BCUT2D eigenvalue weighted by molar-refractivity contribution is 0.554. The summed E-state index contributed by atoms with van der Waals surface area (Å²) in [6.07, 6.45) is 1.42. The zero-order chi connectivity index (χ0) is 13.5. The number of hydrogen-bond acceptors (Lipinski definition) is 5. The molecule has 3 rings (SSSR count). The average Bonchev–Trinajstić information content (AvgIpc) is 2.95. The minimum Gasteiger partial charge on any atom is -0.408 e. The predicted octanol–water partition coefficient (Wildman–Crippen LogP) is 0.645. The molecule has 0 amide bonds. The van der Waals surface area contributed by atoms with Crippen molar-refractivity contribution in [2.75, 3.05) is 4.72 Å². The molecule has 0 saturated heterocycles. The number of anilines is 1. The molecule has 0 unspecified atom stereocenters. The lowest BCUT2D eigenvalue weighted by Gasteiger charge is -2.05. The highest BCUT2D eigenvalue weighted by molar-refractivity contribution is 7.92. The van der Waals surface area contributed by atoms with Crippen LogP contribution in [0, 0.1) is 0 Å². The van der Waals surface area contributed by atoms with Crippen LogP contribution in [-0.2, 0) is 10.0 Å². The fraction of sp³-hybridized carbons (Fsp3) is 0. The van der Waals surface area contributed by atoms with Gasteiger partial charge in [0, 0.05) is 12.1 Å². The van der Waals surface area contributed by atoms with Crippen LogP contribution in [0.15, 0.2) is 44.6 Å². The van der Waals surface area contributed by atoms with Crippen molar-refractivity contribution in [1.82, 2.24) is 15.2 Å². The van der Waals surface area contributed by atoms with Crippen LogP contribution < -0.4 is 10.5 Å². The molecule has 0 aliphatic heterocycles. The van der Waals surface area contributed by atoms with E-state index in [9.17, 15) is 13.2 Å². The van der Waals surface area contributed by atoms with Gasteiger partial charge < -0.3 is 4.42 Å². The normalized spacial score (nSPS) is 11.8. The first-order valence-corrected chi connectivity index (χ1v) is 6.68. The second-order valence-corrected chi connectivity index (χ2v) is 5.43. The summed E-state index contributed by atoms with van der Waals surface area (Å²) in [6.45, 7) is 0. The molecule has 3 aromatic rings. The van der Waals surface area contributed by atoms with E-state index < -0.39 is 15.8 Å². The molecular weight excluding hydrogens is 272 g/mol. The van der Waals surface area contributed by atoms with E-state index in [1.165, 1.54) is 30.5 Å². The Bertz CT molecular complexity index is 876. The Hall–Kier alpha value is -2.55. The van der Waals surface area contributed by atoms with Gasteiger partial charge in [-0.25, -0.2) is 13.2 Å². The molecule has 0 saturated carbocycles. The van der Waals surface area contributed by atoms with Gasteiger partial charge in [-0.05, 0) is 12.1 Å². The van der Waals surface area contributed by atoms with Gasteiger partial charge in [0.15, 0.2) is 5.58 Å². The van der Waals surface area contributed by atoms with Gasteiger partial charge in [0.05, 0.1) is 16.6 Å². The third-order valence-corrected chi connectivity index (χ3v) is 3.81. The van der Waals surface area contributed by atoms with E-state index in [0.717, 1.165) is 0 Å². The van der Waals surface area contributed by atoms with Gasteiger partial charge in [-0.1, -0.05) is 0 Å². The quantitative estimate of drug-likeness (QED) is 0.650. The molecule has 0 aliphatic carbocycles. The van der Waals surface area contributed by atoms with Crippen molar-refractivity contribution >= 4 is 26.9 Å². The molecule has 0 atom stereocenters. The summed E-state index contributed by atoms with van der Waals surface area (Å²) < 4.78 is 31.2. The number of aromatic amines is 2. The molecule has 0 aliphatic rings. The monoisotopic (exact) mass is 280 g/mol. The molecule has 3 N–H and O–H groups in total. The van der Waals surface area contributed by atoms with E-state index in [0.29, 0.717) is 5.52 Å². The largest absolute Gasteiger partial charge is 0.417 e. The molecule has 2 aromatic heterocycles. The Balaban J connectivity index is 2.05. The highest BCUT2D eigenvalue weighted by Gasteiger charge is 2.16. The second kappa shape index (κ2) is 3.99. The van der Waals surface area contributed by atoms with Crippen molar-refractivity contribution < 1.29 is 12.8 Å². The Labute approximate surface area is 106 Å². The van der Waals surface area contributed by atoms with Gasteiger partial charge in [0.25, 0.3) is 10.0 Å². The number of nitrogens with one attached hydrogen (secondary N) is 3. The van der Waals surface area contributed by atoms with E-state index in [4.69, 9.17) is 4.42 Å². The lowest BCUT2D eigenvalue weighted by Crippen LogP contribution is -2.13. The molecule has 0 radical (unpaired) electrons. The minimum atomic E-state index is -3.76. The third-order valence-electron chi connectivity index (χ3n) is 2.45. The van der Waals surface area contributed by atoms with Crippen molar-refractivity contribution in [2.24, 2.45) is 0 Å². The Kier molecular flexibility index (Phi) is 2.42. The first-order chi connectivity index (χ1) is 9.04. The summed E-state index contributed by atoms with van der Waals surface area (Å²) in [7, 11) is -3.76. The van der Waals surface area contributed by atoms with Crippen molar-refractivity contribution in [1.29, 1.82) is 0 Å². The topological polar surface area (TPSA) is 121 Å². The predicted molar refractivity (Wildman–Crippen MR) is 66.2 cm³/mol. The fourth-order valence-corrected chi connectivity index (χ4v) is 2.64. The summed E-state index contributed by atoms with van der Waals surface area (Å²) in [5, 5.41) is 6.12. The summed E-state index contributed by atoms with van der Waals surface area (Å²) in [6, 6.07) is 5.58. The van der Waals surface area contributed by atoms with Gasteiger partial charge in [-0.2, -0.15) is 5.10 Å². The van der Waals surface area contributed by atoms with Crippen LogP contribution in [0.25, 0.3) is 11.1 Å². The first kappa shape index (κ1) is 11.5. The molecule has 19 heavy (non-hydrogen) atoms. The highest BCUT2D eigenvalue weighted by Crippen LogP contribution is 2.18. The van der Waals surface area contributed by atoms with Crippen molar-refractivity contribution in [3.8, 4) is 0 Å². The van der Waals surface area contributed by atoms with Gasteiger partial charge in [-0.15, -0.1) is 0 Å². The van der Waals surface area contributed by atoms with Crippen LogP contribution >= 0.6 is 0 Å². The molecule has 9 heteroatoms. The molecule has 98 valence electrons. The Morgan fingerprint density at radius 2 is 2.11 bits per heavy atom. The van der Waals surface area contributed by atoms with Gasteiger partial charge in [0.1, 0.15) is 5.82 Å². The van der Waals surface area contributed by atoms with Crippen molar-refractivity contribution in [2.45, 2.75) is 4.90 Å². The molecular formula is C10H8N4O4S. The van der Waals surface area contributed by atoms with Crippen molar-refractivity contribution in [3.63, 3.8) is 0 Å². The Morgan fingerprint density at radius 1 is 1.26 bits per heavy atom. The number of oxazole rings is 1. The summed E-state index contributed by atoms with van der Waals surface area (Å²) in [5.74, 6) is -0.387. The number of fused-ring (bicyclic) bond motifs is 1. The number of rotatable bonds is 3. The van der Waals surface area contributed by atoms with Gasteiger partial charge in [0.2, 0.25) is 0 Å². The SMILES string of the molecule is O=c1[nH]c2ccc(S(=O)(=O)Nc3ccn[nH]3)cc2o1. The number of sulfonamides is 1.